The first-order chi connectivity index (χ1) is 11.8. The van der Waals surface area contributed by atoms with Crippen LogP contribution in [0.5, 0.6) is 0 Å². The third kappa shape index (κ3) is 5.61. The van der Waals surface area contributed by atoms with Crippen molar-refractivity contribution in [3.05, 3.63) is 64.7 Å². The highest BCUT2D eigenvalue weighted by molar-refractivity contribution is 6.31. The molecule has 0 saturated carbocycles. The van der Waals surface area contributed by atoms with E-state index in [1.165, 1.54) is 0 Å². The minimum atomic E-state index is -0.342. The van der Waals surface area contributed by atoms with Crippen LogP contribution in [0.15, 0.2) is 48.5 Å². The van der Waals surface area contributed by atoms with Crippen LogP contribution in [-0.4, -0.2) is 11.8 Å². The van der Waals surface area contributed by atoms with Gasteiger partial charge in [0.25, 0.3) is 0 Å². The van der Waals surface area contributed by atoms with Crippen molar-refractivity contribution in [3.8, 4) is 0 Å². The third-order valence-electron chi connectivity index (χ3n) is 3.76. The highest BCUT2D eigenvalue weighted by Gasteiger charge is 2.19. The fourth-order valence-corrected chi connectivity index (χ4v) is 2.69. The van der Waals surface area contributed by atoms with Gasteiger partial charge < -0.3 is 10.6 Å². The van der Waals surface area contributed by atoms with Gasteiger partial charge in [-0.3, -0.25) is 9.59 Å². The van der Waals surface area contributed by atoms with Crippen LogP contribution in [0.4, 0.5) is 5.69 Å². The van der Waals surface area contributed by atoms with Crippen LogP contribution in [0.3, 0.4) is 0 Å². The molecule has 0 aliphatic carbocycles. The van der Waals surface area contributed by atoms with Crippen LogP contribution in [-0.2, 0) is 21.5 Å². The van der Waals surface area contributed by atoms with Gasteiger partial charge in [-0.1, -0.05) is 68.8 Å². The lowest BCUT2D eigenvalue weighted by atomic mass is 9.86. The van der Waals surface area contributed by atoms with Crippen molar-refractivity contribution in [2.24, 2.45) is 0 Å². The molecule has 0 heterocycles. The Morgan fingerprint density at radius 1 is 0.960 bits per heavy atom. The van der Waals surface area contributed by atoms with E-state index in [4.69, 9.17) is 11.6 Å². The highest BCUT2D eigenvalue weighted by atomic mass is 35.5. The zero-order valence-electron chi connectivity index (χ0n) is 14.7. The van der Waals surface area contributed by atoms with Gasteiger partial charge in [0.05, 0.1) is 0 Å². The van der Waals surface area contributed by atoms with Gasteiger partial charge in [0.1, 0.15) is 6.42 Å². The number of anilines is 1. The summed E-state index contributed by atoms with van der Waals surface area (Å²) < 4.78 is 0. The number of para-hydroxylation sites is 1. The standard InChI is InChI=1S/C20H23ClN2O2/c1-20(2,3)15-9-5-7-11-17(15)23-19(25)12-18(24)22-13-14-8-4-6-10-16(14)21/h4-11H,12-13H2,1-3H3,(H,22,24)(H,23,25). The summed E-state index contributed by atoms with van der Waals surface area (Å²) in [7, 11) is 0. The lowest BCUT2D eigenvalue weighted by Gasteiger charge is -2.23. The molecule has 0 bridgehead atoms. The molecule has 0 fully saturated rings. The van der Waals surface area contributed by atoms with Crippen molar-refractivity contribution in [1.29, 1.82) is 0 Å². The minimum absolute atomic E-state index is 0.101. The fraction of sp³-hybridized carbons (Fsp3) is 0.300. The summed E-state index contributed by atoms with van der Waals surface area (Å²) in [6, 6.07) is 14.9. The summed E-state index contributed by atoms with van der Waals surface area (Å²) in [5, 5.41) is 6.14. The van der Waals surface area contributed by atoms with Crippen LogP contribution in [0, 0.1) is 0 Å². The number of hydrogen-bond acceptors (Lipinski definition) is 2. The Morgan fingerprint density at radius 3 is 2.28 bits per heavy atom. The molecule has 2 aromatic rings. The van der Waals surface area contributed by atoms with Crippen LogP contribution in [0.2, 0.25) is 5.02 Å². The SMILES string of the molecule is CC(C)(C)c1ccccc1NC(=O)CC(=O)NCc1ccccc1Cl. The molecule has 2 amide bonds. The second kappa shape index (κ2) is 8.17. The molecule has 0 aliphatic rings. The summed E-state index contributed by atoms with van der Waals surface area (Å²) in [5.74, 6) is -0.681. The molecule has 25 heavy (non-hydrogen) atoms. The van der Waals surface area contributed by atoms with Gasteiger partial charge >= 0.3 is 0 Å². The predicted octanol–water partition coefficient (Wildman–Crippen LogP) is 4.28. The van der Waals surface area contributed by atoms with E-state index in [9.17, 15) is 9.59 Å². The summed E-state index contributed by atoms with van der Waals surface area (Å²) in [6.07, 6.45) is -0.233. The van der Waals surface area contributed by atoms with E-state index in [1.807, 2.05) is 42.5 Å². The average Bonchev–Trinajstić information content (AvgIpc) is 2.53. The number of nitrogens with one attached hydrogen (secondary N) is 2. The molecule has 0 aliphatic heterocycles. The van der Waals surface area contributed by atoms with Gasteiger partial charge in [0.2, 0.25) is 11.8 Å². The average molecular weight is 359 g/mol. The largest absolute Gasteiger partial charge is 0.352 e. The van der Waals surface area contributed by atoms with Crippen LogP contribution in [0.25, 0.3) is 0 Å². The smallest absolute Gasteiger partial charge is 0.233 e. The summed E-state index contributed by atoms with van der Waals surface area (Å²) >= 11 is 6.05. The maximum atomic E-state index is 12.2. The number of carbonyl (C=O) groups excluding carboxylic acids is 2. The fourth-order valence-electron chi connectivity index (χ4n) is 2.48. The molecule has 0 saturated heterocycles. The van der Waals surface area contributed by atoms with Crippen molar-refractivity contribution >= 4 is 29.1 Å². The zero-order valence-corrected chi connectivity index (χ0v) is 15.5. The number of rotatable bonds is 5. The van der Waals surface area contributed by atoms with Gasteiger partial charge in [-0.2, -0.15) is 0 Å². The molecule has 0 aromatic heterocycles. The number of carbonyl (C=O) groups is 2. The number of hydrogen-bond donors (Lipinski definition) is 2. The normalized spacial score (nSPS) is 11.0. The molecule has 2 rings (SSSR count). The lowest BCUT2D eigenvalue weighted by molar-refractivity contribution is -0.126. The van der Waals surface area contributed by atoms with Gasteiger partial charge in [-0.25, -0.2) is 0 Å². The van der Waals surface area contributed by atoms with E-state index in [2.05, 4.69) is 31.4 Å². The van der Waals surface area contributed by atoms with Crippen molar-refractivity contribution in [2.45, 2.75) is 39.2 Å². The third-order valence-corrected chi connectivity index (χ3v) is 4.13. The molecule has 0 radical (unpaired) electrons. The Balaban J connectivity index is 1.92. The van der Waals surface area contributed by atoms with Crippen molar-refractivity contribution in [2.75, 3.05) is 5.32 Å². The monoisotopic (exact) mass is 358 g/mol. The Hall–Kier alpha value is -2.33. The quantitative estimate of drug-likeness (QED) is 0.783. The molecular weight excluding hydrogens is 336 g/mol. The van der Waals surface area contributed by atoms with E-state index >= 15 is 0 Å². The van der Waals surface area contributed by atoms with Gasteiger partial charge in [0.15, 0.2) is 0 Å². The molecule has 2 N–H and O–H groups in total. The summed E-state index contributed by atoms with van der Waals surface area (Å²) in [6.45, 7) is 6.53. The topological polar surface area (TPSA) is 58.2 Å². The molecule has 132 valence electrons. The maximum absolute atomic E-state index is 12.2. The Morgan fingerprint density at radius 2 is 1.60 bits per heavy atom. The zero-order chi connectivity index (χ0) is 18.4. The summed E-state index contributed by atoms with van der Waals surface area (Å²) in [4.78, 5) is 24.2. The highest BCUT2D eigenvalue weighted by Crippen LogP contribution is 2.29. The Bertz CT molecular complexity index is 766. The molecule has 0 atom stereocenters. The maximum Gasteiger partial charge on any atom is 0.233 e. The van der Waals surface area contributed by atoms with E-state index in [1.54, 1.807) is 6.07 Å². The predicted molar refractivity (Wildman–Crippen MR) is 102 cm³/mol. The van der Waals surface area contributed by atoms with E-state index in [0.29, 0.717) is 11.6 Å². The second-order valence-electron chi connectivity index (χ2n) is 6.89. The molecule has 5 heteroatoms. The number of benzene rings is 2. The Kier molecular flexibility index (Phi) is 6.21. The number of halogens is 1. The second-order valence-corrected chi connectivity index (χ2v) is 7.30. The first-order valence-corrected chi connectivity index (χ1v) is 8.54. The molecule has 2 aromatic carbocycles. The van der Waals surface area contributed by atoms with E-state index in [-0.39, 0.29) is 23.7 Å². The van der Waals surface area contributed by atoms with Crippen molar-refractivity contribution < 1.29 is 9.59 Å². The van der Waals surface area contributed by atoms with Crippen LogP contribution >= 0.6 is 11.6 Å². The van der Waals surface area contributed by atoms with Crippen molar-refractivity contribution in [3.63, 3.8) is 0 Å². The first-order valence-electron chi connectivity index (χ1n) is 8.17. The molecular formula is C20H23ClN2O2. The van der Waals surface area contributed by atoms with Crippen LogP contribution < -0.4 is 10.6 Å². The van der Waals surface area contributed by atoms with Gasteiger partial charge in [0, 0.05) is 17.3 Å². The van der Waals surface area contributed by atoms with Gasteiger partial charge in [-0.15, -0.1) is 0 Å². The summed E-state index contributed by atoms with van der Waals surface area (Å²) in [5.41, 5.74) is 2.48. The Labute approximate surface area is 153 Å². The van der Waals surface area contributed by atoms with Crippen LogP contribution in [0.1, 0.15) is 38.3 Å². The first kappa shape index (κ1) is 19.0. The lowest BCUT2D eigenvalue weighted by Crippen LogP contribution is -2.28. The molecule has 0 spiro atoms. The molecule has 0 unspecified atom stereocenters. The minimum Gasteiger partial charge on any atom is -0.352 e. The molecule has 4 nitrogen and oxygen atoms in total. The van der Waals surface area contributed by atoms with Gasteiger partial charge in [-0.05, 0) is 28.7 Å². The van der Waals surface area contributed by atoms with Crippen molar-refractivity contribution in [1.82, 2.24) is 5.32 Å². The number of amides is 2. The van der Waals surface area contributed by atoms with E-state index in [0.717, 1.165) is 16.8 Å². The van der Waals surface area contributed by atoms with E-state index < -0.39 is 0 Å².